The minimum atomic E-state index is -0.491. The fourth-order valence-electron chi connectivity index (χ4n) is 3.77. The normalized spacial score (nSPS) is 10.8. The Hall–Kier alpha value is -4.50. The number of hydrogen-bond donors (Lipinski definition) is 2. The molecule has 0 aliphatic heterocycles. The van der Waals surface area contributed by atoms with Gasteiger partial charge in [0.15, 0.2) is 5.82 Å². The summed E-state index contributed by atoms with van der Waals surface area (Å²) in [4.78, 5) is 44.3. The molecule has 4 aromatic rings. The number of benzene rings is 3. The van der Waals surface area contributed by atoms with E-state index in [0.717, 1.165) is 11.1 Å². The van der Waals surface area contributed by atoms with Crippen molar-refractivity contribution in [2.24, 2.45) is 0 Å². The van der Waals surface area contributed by atoms with Crippen molar-refractivity contribution < 1.29 is 23.8 Å². The number of nitrogens with zero attached hydrogens (tertiary/aromatic N) is 1. The summed E-state index contributed by atoms with van der Waals surface area (Å²) in [5, 5.41) is 3.13. The van der Waals surface area contributed by atoms with Crippen LogP contribution in [0.4, 0.5) is 0 Å². The number of H-pyrrole nitrogens is 1. The standard InChI is InChI=1S/C28H27N3O6/c1-3-37-28(34)20-12-10-18(11-13-20)16-36-17-21-7-5-9-23-24(21)26(32)31-25(30-23)27(33)29-15-19-6-4-8-22(14-19)35-2/h4-14H,3,15-17H2,1-2H3,(H,29,33)(H,30,31,32). The molecule has 9 heteroatoms. The van der Waals surface area contributed by atoms with Gasteiger partial charge in [0.2, 0.25) is 0 Å². The molecule has 1 aromatic heterocycles. The lowest BCUT2D eigenvalue weighted by molar-refractivity contribution is 0.0526. The van der Waals surface area contributed by atoms with Crippen LogP contribution in [0.5, 0.6) is 5.75 Å². The lowest BCUT2D eigenvalue weighted by atomic mass is 10.1. The Morgan fingerprint density at radius 3 is 2.51 bits per heavy atom. The van der Waals surface area contributed by atoms with Gasteiger partial charge in [-0.1, -0.05) is 36.4 Å². The molecule has 0 aliphatic carbocycles. The Labute approximate surface area is 213 Å². The maximum Gasteiger partial charge on any atom is 0.338 e. The lowest BCUT2D eigenvalue weighted by Crippen LogP contribution is -2.27. The van der Waals surface area contributed by atoms with E-state index < -0.39 is 11.5 Å². The molecule has 3 aromatic carbocycles. The summed E-state index contributed by atoms with van der Waals surface area (Å²) in [7, 11) is 1.57. The van der Waals surface area contributed by atoms with E-state index in [4.69, 9.17) is 14.2 Å². The van der Waals surface area contributed by atoms with Gasteiger partial charge in [-0.05, 0) is 53.9 Å². The van der Waals surface area contributed by atoms with Gasteiger partial charge in [0.25, 0.3) is 11.5 Å². The van der Waals surface area contributed by atoms with Gasteiger partial charge >= 0.3 is 5.97 Å². The minimum Gasteiger partial charge on any atom is -0.497 e. The third-order valence-corrected chi connectivity index (χ3v) is 5.61. The average Bonchev–Trinajstić information content (AvgIpc) is 2.92. The highest BCUT2D eigenvalue weighted by molar-refractivity contribution is 5.93. The molecular formula is C28H27N3O6. The third-order valence-electron chi connectivity index (χ3n) is 5.61. The first-order valence-corrected chi connectivity index (χ1v) is 11.8. The number of hydrogen-bond acceptors (Lipinski definition) is 7. The number of aromatic amines is 1. The molecule has 0 saturated carbocycles. The topological polar surface area (TPSA) is 120 Å². The van der Waals surface area contributed by atoms with Gasteiger partial charge in [-0.3, -0.25) is 9.59 Å². The van der Waals surface area contributed by atoms with Gasteiger partial charge in [0, 0.05) is 6.54 Å². The van der Waals surface area contributed by atoms with E-state index in [1.54, 1.807) is 56.5 Å². The van der Waals surface area contributed by atoms with Crippen LogP contribution in [-0.4, -0.2) is 35.6 Å². The number of amides is 1. The van der Waals surface area contributed by atoms with Crippen molar-refractivity contribution in [1.29, 1.82) is 0 Å². The number of fused-ring (bicyclic) bond motifs is 1. The second kappa shape index (κ2) is 12.0. The molecular weight excluding hydrogens is 474 g/mol. The number of methoxy groups -OCH3 is 1. The highest BCUT2D eigenvalue weighted by atomic mass is 16.5. The SMILES string of the molecule is CCOC(=O)c1ccc(COCc2cccc3nc(C(=O)NCc4cccc(OC)c4)[nH]c(=O)c23)cc1. The molecule has 0 aliphatic rings. The smallest absolute Gasteiger partial charge is 0.338 e. The van der Waals surface area contributed by atoms with Crippen LogP contribution in [0, 0.1) is 0 Å². The molecule has 0 saturated heterocycles. The van der Waals surface area contributed by atoms with Crippen molar-refractivity contribution in [2.45, 2.75) is 26.7 Å². The number of esters is 1. The van der Waals surface area contributed by atoms with E-state index in [2.05, 4.69) is 15.3 Å². The number of rotatable bonds is 10. The number of nitrogens with one attached hydrogen (secondary N) is 2. The third kappa shape index (κ3) is 6.39. The van der Waals surface area contributed by atoms with Crippen molar-refractivity contribution in [2.75, 3.05) is 13.7 Å². The number of carbonyl (C=O) groups is 2. The summed E-state index contributed by atoms with van der Waals surface area (Å²) in [5.41, 5.74) is 2.82. The summed E-state index contributed by atoms with van der Waals surface area (Å²) in [5.74, 6) is -0.242. The monoisotopic (exact) mass is 501 g/mol. The molecule has 0 unspecified atom stereocenters. The van der Waals surface area contributed by atoms with E-state index in [1.165, 1.54) is 0 Å². The first-order chi connectivity index (χ1) is 18.0. The number of aromatic nitrogens is 2. The quantitative estimate of drug-likeness (QED) is 0.318. The summed E-state index contributed by atoms with van der Waals surface area (Å²) >= 11 is 0. The van der Waals surface area contributed by atoms with Crippen molar-refractivity contribution in [1.82, 2.24) is 15.3 Å². The Morgan fingerprint density at radius 1 is 0.973 bits per heavy atom. The second-order valence-corrected chi connectivity index (χ2v) is 8.17. The Bertz CT molecular complexity index is 1460. The van der Waals surface area contributed by atoms with Crippen molar-refractivity contribution in [3.8, 4) is 5.75 Å². The van der Waals surface area contributed by atoms with E-state index >= 15 is 0 Å². The zero-order valence-electron chi connectivity index (χ0n) is 20.6. The first kappa shape index (κ1) is 25.6. The molecule has 1 amide bonds. The van der Waals surface area contributed by atoms with E-state index in [9.17, 15) is 14.4 Å². The number of ether oxygens (including phenoxy) is 3. The fourth-order valence-corrected chi connectivity index (χ4v) is 3.77. The van der Waals surface area contributed by atoms with E-state index in [0.29, 0.717) is 34.4 Å². The highest BCUT2D eigenvalue weighted by Crippen LogP contribution is 2.16. The van der Waals surface area contributed by atoms with Crippen LogP contribution in [0.25, 0.3) is 10.9 Å². The summed E-state index contributed by atoms with van der Waals surface area (Å²) in [6.07, 6.45) is 0. The highest BCUT2D eigenvalue weighted by Gasteiger charge is 2.14. The molecule has 0 radical (unpaired) electrons. The van der Waals surface area contributed by atoms with E-state index in [-0.39, 0.29) is 31.6 Å². The first-order valence-electron chi connectivity index (χ1n) is 11.8. The Kier molecular flexibility index (Phi) is 8.27. The molecule has 0 fully saturated rings. The van der Waals surface area contributed by atoms with Gasteiger partial charge in [0.1, 0.15) is 5.75 Å². The molecule has 2 N–H and O–H groups in total. The van der Waals surface area contributed by atoms with Gasteiger partial charge in [-0.25, -0.2) is 9.78 Å². The fraction of sp³-hybridized carbons (Fsp3) is 0.214. The molecule has 0 atom stereocenters. The van der Waals surface area contributed by atoms with Gasteiger partial charge in [0.05, 0.1) is 43.4 Å². The van der Waals surface area contributed by atoms with Crippen LogP contribution >= 0.6 is 0 Å². The van der Waals surface area contributed by atoms with Crippen LogP contribution in [0.3, 0.4) is 0 Å². The molecule has 1 heterocycles. The van der Waals surface area contributed by atoms with Gasteiger partial charge in [-0.15, -0.1) is 0 Å². The predicted molar refractivity (Wildman–Crippen MR) is 137 cm³/mol. The van der Waals surface area contributed by atoms with Crippen LogP contribution < -0.4 is 15.6 Å². The summed E-state index contributed by atoms with van der Waals surface area (Å²) < 4.78 is 16.0. The van der Waals surface area contributed by atoms with Crippen LogP contribution in [0.1, 0.15) is 44.6 Å². The Balaban J connectivity index is 1.41. The van der Waals surface area contributed by atoms with Crippen LogP contribution in [0.15, 0.2) is 71.5 Å². The molecule has 0 bridgehead atoms. The summed E-state index contributed by atoms with van der Waals surface area (Å²) in [6.45, 7) is 2.79. The lowest BCUT2D eigenvalue weighted by Gasteiger charge is -2.10. The maximum absolute atomic E-state index is 12.9. The molecule has 4 rings (SSSR count). The zero-order chi connectivity index (χ0) is 26.2. The second-order valence-electron chi connectivity index (χ2n) is 8.17. The largest absolute Gasteiger partial charge is 0.497 e. The molecule has 37 heavy (non-hydrogen) atoms. The van der Waals surface area contributed by atoms with Gasteiger partial charge in [-0.2, -0.15) is 0 Å². The maximum atomic E-state index is 12.9. The zero-order valence-corrected chi connectivity index (χ0v) is 20.6. The van der Waals surface area contributed by atoms with Crippen LogP contribution in [-0.2, 0) is 29.2 Å². The molecule has 0 spiro atoms. The van der Waals surface area contributed by atoms with Crippen molar-refractivity contribution in [3.05, 3.63) is 105 Å². The number of carbonyl (C=O) groups excluding carboxylic acids is 2. The molecule has 9 nitrogen and oxygen atoms in total. The predicted octanol–water partition coefficient (Wildman–Crippen LogP) is 3.76. The molecule has 190 valence electrons. The van der Waals surface area contributed by atoms with Gasteiger partial charge < -0.3 is 24.5 Å². The van der Waals surface area contributed by atoms with E-state index in [1.807, 2.05) is 24.3 Å². The van der Waals surface area contributed by atoms with Crippen molar-refractivity contribution >= 4 is 22.8 Å². The van der Waals surface area contributed by atoms with Crippen molar-refractivity contribution in [3.63, 3.8) is 0 Å². The minimum absolute atomic E-state index is 0.0693. The summed E-state index contributed by atoms with van der Waals surface area (Å²) in [6, 6.07) is 19.5. The Morgan fingerprint density at radius 2 is 1.76 bits per heavy atom. The van der Waals surface area contributed by atoms with Crippen LogP contribution in [0.2, 0.25) is 0 Å². The average molecular weight is 502 g/mol.